The normalized spacial score (nSPS) is 19.5. The third-order valence-corrected chi connectivity index (χ3v) is 7.05. The number of hydrogen-bond donors (Lipinski definition) is 1. The van der Waals surface area contributed by atoms with Gasteiger partial charge in [-0.25, -0.2) is 9.40 Å². The number of nitrogens with one attached hydrogen (secondary N) is 1. The van der Waals surface area contributed by atoms with E-state index in [2.05, 4.69) is 34.6 Å². The largest absolute Gasteiger partial charge is 0.326 e. The van der Waals surface area contributed by atoms with Crippen molar-refractivity contribution in [2.24, 2.45) is 10.1 Å². The summed E-state index contributed by atoms with van der Waals surface area (Å²) in [4.78, 5) is 29.5. The first kappa shape index (κ1) is 23.0. The van der Waals surface area contributed by atoms with Crippen molar-refractivity contribution in [3.05, 3.63) is 101 Å². The minimum Gasteiger partial charge on any atom is -0.326 e. The summed E-state index contributed by atoms with van der Waals surface area (Å²) in [5, 5.41) is 9.23. The van der Waals surface area contributed by atoms with Crippen molar-refractivity contribution in [3.63, 3.8) is 0 Å². The highest BCUT2D eigenvalue weighted by Gasteiger charge is 2.39. The molecule has 0 fully saturated rings. The van der Waals surface area contributed by atoms with Crippen molar-refractivity contribution in [2.75, 3.05) is 5.32 Å². The second-order valence-electron chi connectivity index (χ2n) is 8.49. The second kappa shape index (κ2) is 9.84. The Morgan fingerprint density at radius 1 is 1.06 bits per heavy atom. The number of rotatable bonds is 5. The molecule has 0 saturated carbocycles. The summed E-state index contributed by atoms with van der Waals surface area (Å²) >= 11 is 1.25. The number of amides is 2. The van der Waals surface area contributed by atoms with Gasteiger partial charge in [-0.1, -0.05) is 71.9 Å². The van der Waals surface area contributed by atoms with Gasteiger partial charge in [-0.15, -0.1) is 0 Å². The average Bonchev–Trinajstić information content (AvgIpc) is 3.46. The third kappa shape index (κ3) is 5.17. The molecule has 3 aromatic carbocycles. The molecule has 2 amide bonds. The van der Waals surface area contributed by atoms with Crippen LogP contribution in [0.15, 0.2) is 89.0 Å². The first-order chi connectivity index (χ1) is 17.0. The lowest BCUT2D eigenvalue weighted by atomic mass is 9.98. The number of carbonyl (C=O) groups is 2. The first-order valence-electron chi connectivity index (χ1n) is 11.3. The van der Waals surface area contributed by atoms with Crippen molar-refractivity contribution in [2.45, 2.75) is 31.1 Å². The molecule has 5 rings (SSSR count). The van der Waals surface area contributed by atoms with Gasteiger partial charge >= 0.3 is 0 Å². The number of halogens is 1. The maximum atomic E-state index is 13.1. The number of carbonyl (C=O) groups excluding carboxylic acids is 2. The minimum atomic E-state index is -0.638. The van der Waals surface area contributed by atoms with Gasteiger partial charge in [-0.3, -0.25) is 9.59 Å². The van der Waals surface area contributed by atoms with Crippen molar-refractivity contribution in [1.82, 2.24) is 5.01 Å². The molecule has 0 aliphatic carbocycles. The fourth-order valence-electron chi connectivity index (χ4n) is 4.06. The van der Waals surface area contributed by atoms with Crippen LogP contribution >= 0.6 is 11.8 Å². The molecule has 2 aliphatic heterocycles. The summed E-state index contributed by atoms with van der Waals surface area (Å²) in [6, 6.07) is 23.6. The van der Waals surface area contributed by atoms with Gasteiger partial charge in [0.25, 0.3) is 5.91 Å². The molecule has 8 heteroatoms. The topological polar surface area (TPSA) is 74.1 Å². The number of anilines is 1. The van der Waals surface area contributed by atoms with Gasteiger partial charge in [0, 0.05) is 18.5 Å². The fourth-order valence-corrected chi connectivity index (χ4v) is 5.12. The highest BCUT2D eigenvalue weighted by atomic mass is 32.2. The second-order valence-corrected chi connectivity index (χ2v) is 9.66. The summed E-state index contributed by atoms with van der Waals surface area (Å²) in [7, 11) is 0. The molecule has 176 valence electrons. The monoisotopic (exact) mass is 486 g/mol. The van der Waals surface area contributed by atoms with Crippen LogP contribution in [0.4, 0.5) is 10.1 Å². The van der Waals surface area contributed by atoms with Gasteiger partial charge in [0.05, 0.1) is 11.8 Å². The number of benzene rings is 3. The highest BCUT2D eigenvalue weighted by Crippen LogP contribution is 2.38. The number of hydrazone groups is 1. The maximum Gasteiger partial charge on any atom is 0.262 e. The molecule has 0 bridgehead atoms. The predicted molar refractivity (Wildman–Crippen MR) is 137 cm³/mol. The Balaban J connectivity index is 1.33. The van der Waals surface area contributed by atoms with Gasteiger partial charge in [0.15, 0.2) is 5.17 Å². The van der Waals surface area contributed by atoms with Crippen LogP contribution in [-0.2, 0) is 9.59 Å². The number of amidine groups is 1. The Morgan fingerprint density at radius 3 is 2.49 bits per heavy atom. The molecule has 6 nitrogen and oxygen atoms in total. The van der Waals surface area contributed by atoms with E-state index < -0.39 is 5.25 Å². The van der Waals surface area contributed by atoms with Crippen molar-refractivity contribution >= 4 is 40.1 Å². The van der Waals surface area contributed by atoms with Crippen molar-refractivity contribution < 1.29 is 14.0 Å². The van der Waals surface area contributed by atoms with Crippen molar-refractivity contribution in [1.29, 1.82) is 0 Å². The summed E-state index contributed by atoms with van der Waals surface area (Å²) in [6.07, 6.45) is 0.642. The third-order valence-electron chi connectivity index (χ3n) is 5.90. The van der Waals surface area contributed by atoms with Crippen LogP contribution in [0.3, 0.4) is 0 Å². The van der Waals surface area contributed by atoms with Gasteiger partial charge in [0.2, 0.25) is 5.91 Å². The maximum absolute atomic E-state index is 13.1. The molecule has 2 aliphatic rings. The van der Waals surface area contributed by atoms with Gasteiger partial charge < -0.3 is 5.32 Å². The molecule has 0 aromatic heterocycles. The van der Waals surface area contributed by atoms with Gasteiger partial charge in [0.1, 0.15) is 11.1 Å². The quantitative estimate of drug-likeness (QED) is 0.530. The Bertz CT molecular complexity index is 1310. The van der Waals surface area contributed by atoms with Gasteiger partial charge in [-0.2, -0.15) is 10.1 Å². The van der Waals surface area contributed by atoms with Crippen LogP contribution in [0.1, 0.15) is 35.6 Å². The summed E-state index contributed by atoms with van der Waals surface area (Å²) in [5.41, 5.74) is 4.68. The van der Waals surface area contributed by atoms with Crippen molar-refractivity contribution in [3.8, 4) is 0 Å². The molecule has 1 N–H and O–H groups in total. The minimum absolute atomic E-state index is 0.0355. The van der Waals surface area contributed by atoms with E-state index in [1.165, 1.54) is 41.6 Å². The van der Waals surface area contributed by atoms with Crippen LogP contribution in [0.2, 0.25) is 0 Å². The molecule has 0 saturated heterocycles. The SMILES string of the molecule is Cc1ccc(C2=NN(C3=NC(=O)[C@H](CC(=O)Nc4ccc(F)cc4)S3)[C@H](c3ccccc3)C2)cc1. The number of hydrogen-bond acceptors (Lipinski definition) is 5. The fraction of sp³-hybridized carbons (Fsp3) is 0.185. The molecule has 2 atom stereocenters. The Morgan fingerprint density at radius 2 is 1.77 bits per heavy atom. The van der Waals surface area contributed by atoms with E-state index in [1.54, 1.807) is 0 Å². The first-order valence-corrected chi connectivity index (χ1v) is 12.2. The van der Waals surface area contributed by atoms with Gasteiger partial charge in [-0.05, 0) is 42.3 Å². The van der Waals surface area contributed by atoms with E-state index in [9.17, 15) is 14.0 Å². The predicted octanol–water partition coefficient (Wildman–Crippen LogP) is 5.31. The zero-order valence-corrected chi connectivity index (χ0v) is 19.8. The molecular formula is C27H23FN4O2S. The molecule has 0 radical (unpaired) electrons. The van der Waals surface area contributed by atoms with Crippen LogP contribution in [0.25, 0.3) is 0 Å². The van der Waals surface area contributed by atoms with Crippen LogP contribution in [0.5, 0.6) is 0 Å². The number of aliphatic imine (C=N–C) groups is 1. The highest BCUT2D eigenvalue weighted by molar-refractivity contribution is 8.15. The molecule has 0 spiro atoms. The molecule has 0 unspecified atom stereocenters. The van der Waals surface area contributed by atoms with Crippen LogP contribution < -0.4 is 5.32 Å². The van der Waals surface area contributed by atoms with E-state index in [4.69, 9.17) is 5.10 Å². The lowest BCUT2D eigenvalue weighted by Crippen LogP contribution is -2.25. The molecule has 3 aromatic rings. The summed E-state index contributed by atoms with van der Waals surface area (Å²) in [6.45, 7) is 2.04. The van der Waals surface area contributed by atoms with Crippen LogP contribution in [-0.4, -0.2) is 33.0 Å². The standard InChI is InChI=1S/C27H23FN4O2S/c1-17-7-9-18(10-8-17)22-15-23(19-5-3-2-4-6-19)32(31-22)27-30-26(34)24(35-27)16-25(33)29-21-13-11-20(28)12-14-21/h2-14,23-24H,15-16H2,1H3,(H,29,33)/t23-,24-/m0/s1. The van der Waals surface area contributed by atoms with E-state index in [1.807, 2.05) is 42.3 Å². The zero-order valence-electron chi connectivity index (χ0n) is 19.0. The number of nitrogens with zero attached hydrogens (tertiary/aromatic N) is 3. The summed E-state index contributed by atoms with van der Waals surface area (Å²) in [5.74, 6) is -1.07. The van der Waals surface area contributed by atoms with E-state index in [0.717, 1.165) is 16.8 Å². The average molecular weight is 487 g/mol. The Labute approximate surface area is 207 Å². The lowest BCUT2D eigenvalue weighted by molar-refractivity contribution is -0.121. The smallest absolute Gasteiger partial charge is 0.262 e. The van der Waals surface area contributed by atoms with E-state index in [0.29, 0.717) is 17.3 Å². The molecule has 2 heterocycles. The summed E-state index contributed by atoms with van der Waals surface area (Å²) < 4.78 is 13.1. The number of thioether (sulfide) groups is 1. The molecule has 35 heavy (non-hydrogen) atoms. The van der Waals surface area contributed by atoms with E-state index in [-0.39, 0.29) is 30.1 Å². The van der Waals surface area contributed by atoms with E-state index >= 15 is 0 Å². The van der Waals surface area contributed by atoms with Crippen LogP contribution in [0, 0.1) is 12.7 Å². The lowest BCUT2D eigenvalue weighted by Gasteiger charge is -2.23. The molecular weight excluding hydrogens is 463 g/mol. The Kier molecular flexibility index (Phi) is 6.46. The zero-order chi connectivity index (χ0) is 24.4. The Hall–Kier alpha value is -3.78. The number of aryl methyl sites for hydroxylation is 1.